The first-order valence-corrected chi connectivity index (χ1v) is 17.2. The number of ether oxygens (including phenoxy) is 1. The molecule has 2 atom stereocenters. The minimum atomic E-state index is -1.97. The molecule has 0 aliphatic carbocycles. The Balaban J connectivity index is 1.97. The molecule has 3 nitrogen and oxygen atoms in total. The Bertz CT molecular complexity index is 1000. The van der Waals surface area contributed by atoms with Crippen molar-refractivity contribution in [2.45, 2.75) is 138 Å². The quantitative estimate of drug-likeness (QED) is 0.230. The maximum absolute atomic E-state index is 11.0. The molecule has 0 radical (unpaired) electrons. The van der Waals surface area contributed by atoms with Gasteiger partial charge in [-0.1, -0.05) is 55.7 Å². The van der Waals surface area contributed by atoms with E-state index in [1.807, 2.05) is 6.07 Å². The number of hydrogen-bond acceptors (Lipinski definition) is 3. The predicted molar refractivity (Wildman–Crippen MR) is 162 cm³/mol. The van der Waals surface area contributed by atoms with Crippen LogP contribution in [0.5, 0.6) is 11.5 Å². The van der Waals surface area contributed by atoms with Crippen LogP contribution in [0, 0.1) is 13.8 Å². The first-order chi connectivity index (χ1) is 17.1. The minimum absolute atomic E-state index is 0.0361. The Morgan fingerprint density at radius 3 is 2.11 bits per heavy atom. The lowest BCUT2D eigenvalue weighted by molar-refractivity contribution is 0.0614. The monoisotopic (exact) mass is 526 g/mol. The van der Waals surface area contributed by atoms with Crippen LogP contribution in [-0.4, -0.2) is 19.5 Å². The summed E-state index contributed by atoms with van der Waals surface area (Å²) in [6.45, 7) is 24.3. The van der Waals surface area contributed by atoms with Gasteiger partial charge in [-0.15, -0.1) is 0 Å². The van der Waals surface area contributed by atoms with Gasteiger partial charge in [-0.3, -0.25) is 0 Å². The Morgan fingerprint density at radius 2 is 1.54 bits per heavy atom. The smallest absolute Gasteiger partial charge is 0.250 e. The summed E-state index contributed by atoms with van der Waals surface area (Å²) in [6, 6.07) is 2.04. The van der Waals surface area contributed by atoms with Gasteiger partial charge in [0.15, 0.2) is 0 Å². The van der Waals surface area contributed by atoms with Gasteiger partial charge in [0.05, 0.1) is 6.10 Å². The highest BCUT2D eigenvalue weighted by Gasteiger charge is 2.40. The summed E-state index contributed by atoms with van der Waals surface area (Å²) >= 11 is 0. The lowest BCUT2D eigenvalue weighted by Crippen LogP contribution is -2.44. The Labute approximate surface area is 229 Å². The van der Waals surface area contributed by atoms with Gasteiger partial charge in [-0.2, -0.15) is 0 Å². The third-order valence-electron chi connectivity index (χ3n) is 8.23. The summed E-state index contributed by atoms with van der Waals surface area (Å²) in [4.78, 5) is 0. The van der Waals surface area contributed by atoms with Crippen molar-refractivity contribution in [1.29, 1.82) is 0 Å². The van der Waals surface area contributed by atoms with E-state index < -0.39 is 14.4 Å². The second-order valence-electron chi connectivity index (χ2n) is 12.9. The van der Waals surface area contributed by atoms with Crippen LogP contribution in [0.15, 0.2) is 41.0 Å². The van der Waals surface area contributed by atoms with Crippen LogP contribution >= 0.6 is 0 Å². The fourth-order valence-electron chi connectivity index (χ4n) is 4.45. The van der Waals surface area contributed by atoms with Crippen LogP contribution in [0.4, 0.5) is 0 Å². The molecule has 2 rings (SSSR count). The Kier molecular flexibility index (Phi) is 11.3. The number of fused-ring (bicyclic) bond motifs is 1. The second kappa shape index (κ2) is 13.3. The van der Waals surface area contributed by atoms with Crippen LogP contribution in [0.1, 0.15) is 116 Å². The minimum Gasteiger partial charge on any atom is -0.543 e. The molecular weight excluding hydrogens is 472 g/mol. The van der Waals surface area contributed by atoms with Gasteiger partial charge in [-0.25, -0.2) is 0 Å². The summed E-state index contributed by atoms with van der Waals surface area (Å²) in [6.07, 6.45) is 13.6. The standard InChI is InChI=1S/C33H54O3Si/c1-23(2)15-12-16-24(3)17-13-18-25(4)19-14-20-28-21-30(34)29-22-31(26(5)27(6)32(29)35-28)36-37(10,11)33(7,8)9/h15,17,19,22,28,30,34H,12-14,16,18,20-21H2,1-11H3/b24-17+,25-19+. The van der Waals surface area contributed by atoms with E-state index in [-0.39, 0.29) is 11.1 Å². The lowest BCUT2D eigenvalue weighted by atomic mass is 9.92. The van der Waals surface area contributed by atoms with Gasteiger partial charge < -0.3 is 14.3 Å². The number of aliphatic hydroxyl groups is 1. The van der Waals surface area contributed by atoms with Crippen molar-refractivity contribution in [2.24, 2.45) is 0 Å². The average molecular weight is 527 g/mol. The van der Waals surface area contributed by atoms with Crippen molar-refractivity contribution in [3.8, 4) is 11.5 Å². The largest absolute Gasteiger partial charge is 0.543 e. The first kappa shape index (κ1) is 31.4. The molecule has 1 aliphatic heterocycles. The van der Waals surface area contributed by atoms with Crippen LogP contribution in [0.3, 0.4) is 0 Å². The molecule has 0 saturated heterocycles. The third kappa shape index (κ3) is 9.17. The number of aliphatic hydroxyl groups excluding tert-OH is 1. The zero-order valence-corrected chi connectivity index (χ0v) is 26.7. The summed E-state index contributed by atoms with van der Waals surface area (Å²) in [7, 11) is -1.97. The van der Waals surface area contributed by atoms with E-state index >= 15 is 0 Å². The number of allylic oxidation sites excluding steroid dienone is 6. The van der Waals surface area contributed by atoms with Gasteiger partial charge in [0.25, 0.3) is 0 Å². The van der Waals surface area contributed by atoms with E-state index in [9.17, 15) is 5.11 Å². The van der Waals surface area contributed by atoms with E-state index in [2.05, 4.69) is 93.6 Å². The normalized spacial score (nSPS) is 18.8. The van der Waals surface area contributed by atoms with Crippen molar-refractivity contribution in [3.63, 3.8) is 0 Å². The average Bonchev–Trinajstić information content (AvgIpc) is 2.77. The highest BCUT2D eigenvalue weighted by atomic mass is 28.4. The molecule has 2 unspecified atom stereocenters. The van der Waals surface area contributed by atoms with Gasteiger partial charge in [-0.05, 0) is 115 Å². The van der Waals surface area contributed by atoms with Crippen LogP contribution < -0.4 is 9.16 Å². The van der Waals surface area contributed by atoms with E-state index in [0.717, 1.165) is 66.7 Å². The van der Waals surface area contributed by atoms with Crippen LogP contribution in [-0.2, 0) is 0 Å². The highest BCUT2D eigenvalue weighted by Crippen LogP contribution is 2.45. The van der Waals surface area contributed by atoms with E-state index in [0.29, 0.717) is 6.42 Å². The molecule has 0 fully saturated rings. The van der Waals surface area contributed by atoms with Gasteiger partial charge in [0, 0.05) is 12.0 Å². The third-order valence-corrected chi connectivity index (χ3v) is 12.6. The molecule has 0 bridgehead atoms. The molecule has 1 heterocycles. The van der Waals surface area contributed by atoms with Gasteiger partial charge in [0.1, 0.15) is 17.6 Å². The maximum atomic E-state index is 11.0. The summed E-state index contributed by atoms with van der Waals surface area (Å²) < 4.78 is 13.1. The van der Waals surface area contributed by atoms with Crippen molar-refractivity contribution < 1.29 is 14.3 Å². The molecule has 208 valence electrons. The molecule has 0 amide bonds. The van der Waals surface area contributed by atoms with Crippen molar-refractivity contribution in [2.75, 3.05) is 0 Å². The molecule has 1 N–H and O–H groups in total. The maximum Gasteiger partial charge on any atom is 0.250 e. The zero-order chi connectivity index (χ0) is 28.0. The Hall–Kier alpha value is -1.78. The second-order valence-corrected chi connectivity index (χ2v) is 17.7. The van der Waals surface area contributed by atoms with E-state index in [1.54, 1.807) is 0 Å². The SMILES string of the molecule is CC(C)=CCC/C(C)=C/CC/C(C)=C/CCC1CC(O)c2cc(O[Si](C)(C)C(C)(C)C)c(C)c(C)c2O1. The van der Waals surface area contributed by atoms with Gasteiger partial charge in [0.2, 0.25) is 8.32 Å². The first-order valence-electron chi connectivity index (χ1n) is 14.2. The number of rotatable bonds is 11. The van der Waals surface area contributed by atoms with E-state index in [4.69, 9.17) is 9.16 Å². The Morgan fingerprint density at radius 1 is 0.973 bits per heavy atom. The van der Waals surface area contributed by atoms with Gasteiger partial charge >= 0.3 is 0 Å². The van der Waals surface area contributed by atoms with Crippen LogP contribution in [0.2, 0.25) is 18.1 Å². The molecule has 4 heteroatoms. The summed E-state index contributed by atoms with van der Waals surface area (Å²) in [5, 5.41) is 11.2. The predicted octanol–water partition coefficient (Wildman–Crippen LogP) is 10.1. The molecule has 1 aromatic rings. The van der Waals surface area contributed by atoms with Crippen molar-refractivity contribution in [3.05, 3.63) is 57.7 Å². The van der Waals surface area contributed by atoms with Crippen molar-refractivity contribution >= 4 is 8.32 Å². The molecule has 37 heavy (non-hydrogen) atoms. The molecular formula is C33H54O3Si. The lowest BCUT2D eigenvalue weighted by Gasteiger charge is -2.38. The fourth-order valence-corrected chi connectivity index (χ4v) is 5.51. The molecule has 1 aliphatic rings. The topological polar surface area (TPSA) is 38.7 Å². The summed E-state index contributed by atoms with van der Waals surface area (Å²) in [5.41, 5.74) is 7.41. The molecule has 0 aromatic heterocycles. The zero-order valence-electron chi connectivity index (χ0n) is 25.7. The molecule has 0 saturated carbocycles. The highest BCUT2D eigenvalue weighted by molar-refractivity contribution is 6.74. The van der Waals surface area contributed by atoms with Crippen LogP contribution in [0.25, 0.3) is 0 Å². The van der Waals surface area contributed by atoms with Crippen molar-refractivity contribution in [1.82, 2.24) is 0 Å². The summed E-state index contributed by atoms with van der Waals surface area (Å²) in [5.74, 6) is 1.77. The number of benzene rings is 1. The molecule has 0 spiro atoms. The molecule has 1 aromatic carbocycles. The fraction of sp³-hybridized carbons (Fsp3) is 0.636. The number of hydrogen-bond donors (Lipinski definition) is 1. The van der Waals surface area contributed by atoms with E-state index in [1.165, 1.54) is 16.7 Å².